The van der Waals surface area contributed by atoms with Crippen LogP contribution in [0.15, 0.2) is 40.2 Å². The van der Waals surface area contributed by atoms with Crippen molar-refractivity contribution in [3.05, 3.63) is 45.6 Å². The van der Waals surface area contributed by atoms with Gasteiger partial charge in [0.15, 0.2) is 0 Å². The lowest BCUT2D eigenvalue weighted by Crippen LogP contribution is -2.64. The molecule has 2 heterocycles. The lowest BCUT2D eigenvalue weighted by Gasteiger charge is -2.47. The summed E-state index contributed by atoms with van der Waals surface area (Å²) in [7, 11) is 0. The third-order valence-electron chi connectivity index (χ3n) is 6.00. The van der Waals surface area contributed by atoms with Crippen LogP contribution in [-0.4, -0.2) is 53.6 Å². The van der Waals surface area contributed by atoms with Crippen molar-refractivity contribution in [1.29, 1.82) is 0 Å². The Labute approximate surface area is 206 Å². The van der Waals surface area contributed by atoms with Gasteiger partial charge in [0.2, 0.25) is 0 Å². The molecule has 4 rings (SSSR count). The molecule has 1 aliphatic carbocycles. The number of azo groups is 1. The zero-order chi connectivity index (χ0) is 23.1. The quantitative estimate of drug-likeness (QED) is 0.602. The second-order valence-electron chi connectivity index (χ2n) is 8.39. The summed E-state index contributed by atoms with van der Waals surface area (Å²) in [6, 6.07) is 4.94. The lowest BCUT2D eigenvalue weighted by atomic mass is 9.71. The van der Waals surface area contributed by atoms with Gasteiger partial charge in [-0.2, -0.15) is 23.7 Å². The van der Waals surface area contributed by atoms with Crippen LogP contribution in [0.5, 0.6) is 0 Å². The fraction of sp³-hybridized carbons (Fsp3) is 0.476. The number of alkyl halides is 2. The third-order valence-corrected chi connectivity index (χ3v) is 6.74. The molecule has 1 N–H and O–H groups in total. The number of halogens is 4. The van der Waals surface area contributed by atoms with Crippen LogP contribution in [0.2, 0.25) is 10.0 Å². The minimum Gasteiger partial charge on any atom is -0.336 e. The van der Waals surface area contributed by atoms with Crippen LogP contribution in [0.25, 0.3) is 0 Å². The van der Waals surface area contributed by atoms with Gasteiger partial charge in [-0.1, -0.05) is 29.3 Å². The van der Waals surface area contributed by atoms with Crippen molar-refractivity contribution in [2.75, 3.05) is 19.6 Å². The van der Waals surface area contributed by atoms with Crippen molar-refractivity contribution in [2.24, 2.45) is 16.1 Å². The summed E-state index contributed by atoms with van der Waals surface area (Å²) in [6.07, 6.45) is 0.853. The number of nitrogens with zero attached hydrogens (tertiary/aromatic N) is 3. The number of hydrogen-bond donors (Lipinski definition) is 1. The molecule has 1 aromatic carbocycles. The van der Waals surface area contributed by atoms with Crippen LogP contribution < -0.4 is 5.32 Å². The Morgan fingerprint density at radius 3 is 2.52 bits per heavy atom. The Balaban J connectivity index is 0.00000306. The van der Waals surface area contributed by atoms with Crippen molar-refractivity contribution >= 4 is 54.3 Å². The Hall–Kier alpha value is -2.04. The smallest absolute Gasteiger partial charge is 0.311 e. The van der Waals surface area contributed by atoms with E-state index in [2.05, 4.69) is 15.5 Å². The number of likely N-dealkylation sites (tertiary alicyclic amines) is 1. The molecule has 178 valence electrons. The monoisotopic (exact) mass is 518 g/mol. The van der Waals surface area contributed by atoms with Gasteiger partial charge >= 0.3 is 11.8 Å². The van der Waals surface area contributed by atoms with Crippen LogP contribution in [0, 0.1) is 5.92 Å². The van der Waals surface area contributed by atoms with Crippen molar-refractivity contribution in [2.45, 2.75) is 37.1 Å². The molecule has 2 amide bonds. The van der Waals surface area contributed by atoms with Gasteiger partial charge in [0.05, 0.1) is 27.8 Å². The van der Waals surface area contributed by atoms with E-state index >= 15 is 0 Å². The maximum Gasteiger partial charge on any atom is 0.311 e. The molecule has 7 nitrogen and oxygen atoms in total. The molecule has 3 aliphatic rings. The number of nitrogens with one attached hydrogen (secondary N) is 1. The fourth-order valence-corrected chi connectivity index (χ4v) is 4.68. The highest BCUT2D eigenvalue weighted by atomic mass is 35.5. The number of ketones is 1. The molecular formula is C21H22Cl2F2N4O3S. The second-order valence-corrected chi connectivity index (χ2v) is 9.20. The van der Waals surface area contributed by atoms with Crippen LogP contribution in [-0.2, 0) is 20.8 Å². The standard InChI is InChI=1S/C21H20Cl2F2N4O3.H2S/c22-14-2-1-12(7-15(14)23)8-16(30)13-4-6-29(9-13)19(32)18(31)27-20(10-21(24,25)11-20)17-3-5-26-28-17;/h1-3,7,13H,4-6,8-11H2,(H,27,31);1H2/t13-;/m0./s1. The van der Waals surface area contributed by atoms with Crippen LogP contribution in [0.3, 0.4) is 0 Å². The minimum absolute atomic E-state index is 0. The predicted molar refractivity (Wildman–Crippen MR) is 123 cm³/mol. The number of carbonyl (C=O) groups excluding carboxylic acids is 3. The average Bonchev–Trinajstić information content (AvgIpc) is 3.41. The van der Waals surface area contributed by atoms with E-state index in [0.717, 1.165) is 0 Å². The first-order chi connectivity index (χ1) is 15.1. The number of Topliss-reactive ketones (excluding diaryl/α,β-unsaturated/α-hetero) is 1. The summed E-state index contributed by atoms with van der Waals surface area (Å²) < 4.78 is 27.2. The molecule has 1 saturated heterocycles. The predicted octanol–water partition coefficient (Wildman–Crippen LogP) is 3.70. The molecule has 33 heavy (non-hydrogen) atoms. The first kappa shape index (κ1) is 25.6. The number of carbonyl (C=O) groups is 3. The molecule has 1 saturated carbocycles. The Bertz CT molecular complexity index is 1040. The van der Waals surface area contributed by atoms with Crippen LogP contribution >= 0.6 is 36.7 Å². The fourth-order valence-electron chi connectivity index (χ4n) is 4.36. The molecule has 0 spiro atoms. The normalized spacial score (nSPS) is 22.2. The summed E-state index contributed by atoms with van der Waals surface area (Å²) in [5.41, 5.74) is -0.432. The summed E-state index contributed by atoms with van der Waals surface area (Å²) >= 11 is 11.9. The van der Waals surface area contributed by atoms with E-state index < -0.39 is 42.0 Å². The van der Waals surface area contributed by atoms with Gasteiger partial charge in [-0.25, -0.2) is 8.78 Å². The molecule has 0 unspecified atom stereocenters. The highest BCUT2D eigenvalue weighted by Crippen LogP contribution is 2.50. The van der Waals surface area contributed by atoms with E-state index in [-0.39, 0.29) is 51.0 Å². The van der Waals surface area contributed by atoms with Gasteiger partial charge in [-0.05, 0) is 30.2 Å². The van der Waals surface area contributed by atoms with Gasteiger partial charge in [0.25, 0.3) is 5.92 Å². The molecular weight excluding hydrogens is 497 g/mol. The molecule has 1 aromatic rings. The number of rotatable bonds is 5. The van der Waals surface area contributed by atoms with Crippen molar-refractivity contribution in [3.8, 4) is 0 Å². The Morgan fingerprint density at radius 2 is 1.91 bits per heavy atom. The highest BCUT2D eigenvalue weighted by molar-refractivity contribution is 7.59. The van der Waals surface area contributed by atoms with Crippen molar-refractivity contribution in [3.63, 3.8) is 0 Å². The maximum absolute atomic E-state index is 13.6. The molecule has 0 aromatic heterocycles. The second kappa shape index (κ2) is 9.68. The molecule has 1 atom stereocenters. The lowest BCUT2D eigenvalue weighted by molar-refractivity contribution is -0.153. The van der Waals surface area contributed by atoms with E-state index in [1.54, 1.807) is 24.3 Å². The average molecular weight is 519 g/mol. The van der Waals surface area contributed by atoms with Gasteiger partial charge in [0.1, 0.15) is 5.78 Å². The first-order valence-corrected chi connectivity index (χ1v) is 10.9. The highest BCUT2D eigenvalue weighted by Gasteiger charge is 2.60. The Kier molecular flexibility index (Phi) is 7.50. The van der Waals surface area contributed by atoms with Crippen LogP contribution in [0.4, 0.5) is 8.78 Å². The third kappa shape index (κ3) is 5.38. The van der Waals surface area contributed by atoms with Crippen LogP contribution in [0.1, 0.15) is 24.8 Å². The number of amides is 2. The first-order valence-electron chi connectivity index (χ1n) is 10.1. The summed E-state index contributed by atoms with van der Waals surface area (Å²) in [4.78, 5) is 39.2. The number of benzene rings is 1. The van der Waals surface area contributed by atoms with Gasteiger partial charge < -0.3 is 10.2 Å². The van der Waals surface area contributed by atoms with Gasteiger partial charge in [0, 0.05) is 38.3 Å². The zero-order valence-electron chi connectivity index (χ0n) is 17.4. The topological polar surface area (TPSA) is 91.2 Å². The number of hydrogen-bond acceptors (Lipinski definition) is 5. The van der Waals surface area contributed by atoms with Gasteiger partial charge in [-0.3, -0.25) is 14.4 Å². The molecule has 0 bridgehead atoms. The van der Waals surface area contributed by atoms with E-state index in [1.165, 1.54) is 4.90 Å². The largest absolute Gasteiger partial charge is 0.336 e. The van der Waals surface area contributed by atoms with Gasteiger partial charge in [-0.15, -0.1) is 0 Å². The van der Waals surface area contributed by atoms with Crippen molar-refractivity contribution < 1.29 is 23.2 Å². The molecule has 2 fully saturated rings. The summed E-state index contributed by atoms with van der Waals surface area (Å²) in [5, 5.41) is 10.8. The molecule has 0 radical (unpaired) electrons. The summed E-state index contributed by atoms with van der Waals surface area (Å²) in [5.74, 6) is -5.27. The van der Waals surface area contributed by atoms with Crippen molar-refractivity contribution in [1.82, 2.24) is 10.2 Å². The molecule has 12 heteroatoms. The molecule has 2 aliphatic heterocycles. The Morgan fingerprint density at radius 1 is 1.18 bits per heavy atom. The van der Waals surface area contributed by atoms with E-state index in [0.29, 0.717) is 22.0 Å². The SMILES string of the molecule is O=C(NC1(C2=CCN=N2)CC(F)(F)C1)C(=O)N1CC[C@H](C(=O)Cc2ccc(Cl)c(Cl)c2)C1.S. The van der Waals surface area contributed by atoms with E-state index in [4.69, 9.17) is 23.2 Å². The van der Waals surface area contributed by atoms with E-state index in [1.807, 2.05) is 0 Å². The minimum atomic E-state index is -2.94. The maximum atomic E-state index is 13.6. The zero-order valence-corrected chi connectivity index (χ0v) is 19.9. The summed E-state index contributed by atoms with van der Waals surface area (Å²) in [6.45, 7) is 0.578. The van der Waals surface area contributed by atoms with E-state index in [9.17, 15) is 23.2 Å².